The van der Waals surface area contributed by atoms with Crippen LogP contribution in [-0.2, 0) is 0 Å². The molecule has 1 heterocycles. The van der Waals surface area contributed by atoms with Crippen LogP contribution in [0.5, 0.6) is 0 Å². The van der Waals surface area contributed by atoms with Crippen molar-refractivity contribution in [2.45, 2.75) is 0 Å². The number of hydrogen-bond acceptors (Lipinski definition) is 2. The first-order chi connectivity index (χ1) is 26.8. The van der Waals surface area contributed by atoms with E-state index in [1.807, 2.05) is 11.3 Å². The number of hydrogen-bond donors (Lipinski definition) is 0. The van der Waals surface area contributed by atoms with Gasteiger partial charge in [0, 0.05) is 31.4 Å². The molecule has 0 bridgehead atoms. The van der Waals surface area contributed by atoms with Gasteiger partial charge in [0.05, 0.1) is 11.4 Å². The monoisotopic (exact) mass is 703 g/mol. The molecule has 0 aliphatic carbocycles. The Morgan fingerprint density at radius 1 is 0.315 bits per heavy atom. The van der Waals surface area contributed by atoms with Crippen molar-refractivity contribution in [2.75, 3.05) is 4.90 Å². The fourth-order valence-electron chi connectivity index (χ4n) is 8.44. The highest BCUT2D eigenvalue weighted by molar-refractivity contribution is 7.26. The van der Waals surface area contributed by atoms with Gasteiger partial charge in [0.1, 0.15) is 0 Å². The van der Waals surface area contributed by atoms with Gasteiger partial charge in [-0.15, -0.1) is 11.3 Å². The van der Waals surface area contributed by atoms with Crippen LogP contribution in [0.15, 0.2) is 200 Å². The molecule has 0 atom stereocenters. The molecule has 0 amide bonds. The number of nitrogens with zero attached hydrogens (tertiary/aromatic N) is 1. The smallest absolute Gasteiger partial charge is 0.0555 e. The molecule has 0 aliphatic heterocycles. The number of fused-ring (bicyclic) bond motifs is 8. The Morgan fingerprint density at radius 3 is 1.87 bits per heavy atom. The van der Waals surface area contributed by atoms with Gasteiger partial charge >= 0.3 is 0 Å². The average molecular weight is 704 g/mol. The Morgan fingerprint density at radius 2 is 1.00 bits per heavy atom. The minimum atomic E-state index is 1.12. The molecule has 0 radical (unpaired) electrons. The first-order valence-electron chi connectivity index (χ1n) is 18.5. The number of para-hydroxylation sites is 1. The third-order valence-electron chi connectivity index (χ3n) is 11.0. The minimum absolute atomic E-state index is 1.12. The molecule has 0 aliphatic rings. The van der Waals surface area contributed by atoms with Crippen molar-refractivity contribution in [3.05, 3.63) is 200 Å². The summed E-state index contributed by atoms with van der Waals surface area (Å²) < 4.78 is 2.58. The molecule has 0 saturated carbocycles. The first-order valence-corrected chi connectivity index (χ1v) is 19.3. The van der Waals surface area contributed by atoms with E-state index in [9.17, 15) is 0 Å². The van der Waals surface area contributed by atoms with Crippen LogP contribution >= 0.6 is 11.3 Å². The Bertz CT molecular complexity index is 3230. The van der Waals surface area contributed by atoms with Gasteiger partial charge in [-0.05, 0) is 114 Å². The van der Waals surface area contributed by atoms with Crippen molar-refractivity contribution in [3.63, 3.8) is 0 Å². The van der Waals surface area contributed by atoms with Crippen LogP contribution in [0.3, 0.4) is 0 Å². The van der Waals surface area contributed by atoms with Crippen LogP contribution in [0.4, 0.5) is 17.1 Å². The second-order valence-corrected chi connectivity index (χ2v) is 15.2. The summed E-state index contributed by atoms with van der Waals surface area (Å²) in [6.45, 7) is 0. The number of anilines is 3. The maximum atomic E-state index is 2.51. The van der Waals surface area contributed by atoms with Crippen molar-refractivity contribution < 1.29 is 0 Å². The molecule has 2 heteroatoms. The van der Waals surface area contributed by atoms with Crippen molar-refractivity contribution in [1.29, 1.82) is 0 Å². The van der Waals surface area contributed by atoms with Gasteiger partial charge in [-0.3, -0.25) is 0 Å². The lowest BCUT2D eigenvalue weighted by molar-refractivity contribution is 1.31. The van der Waals surface area contributed by atoms with E-state index in [1.165, 1.54) is 91.2 Å². The summed E-state index contributed by atoms with van der Waals surface area (Å²) in [5.74, 6) is 0. The summed E-state index contributed by atoms with van der Waals surface area (Å²) in [6.07, 6.45) is 0. The molecular formula is C52H33NS. The van der Waals surface area contributed by atoms with Gasteiger partial charge in [-0.2, -0.15) is 0 Å². The molecular weight excluding hydrogens is 671 g/mol. The molecule has 10 aromatic carbocycles. The van der Waals surface area contributed by atoms with Crippen LogP contribution in [0.25, 0.3) is 85.5 Å². The van der Waals surface area contributed by atoms with Crippen LogP contribution in [0, 0.1) is 0 Å². The maximum Gasteiger partial charge on any atom is 0.0555 e. The fraction of sp³-hybridized carbons (Fsp3) is 0. The SMILES string of the molecule is c1ccc(-c2ccc3ccc(N(c4ccccc4-c4cc5ccccc5c5ccccc45)c4cccc5sc6cc7ccccc7cc6c45)cc3c2)cc1. The summed E-state index contributed by atoms with van der Waals surface area (Å²) in [6, 6.07) is 73.7. The maximum absolute atomic E-state index is 2.51. The molecule has 0 N–H and O–H groups in total. The molecule has 1 nitrogen and oxygen atoms in total. The summed E-state index contributed by atoms with van der Waals surface area (Å²) >= 11 is 1.88. The van der Waals surface area contributed by atoms with Crippen molar-refractivity contribution in [2.24, 2.45) is 0 Å². The molecule has 0 fully saturated rings. The normalized spacial score (nSPS) is 11.7. The van der Waals surface area contributed by atoms with Crippen molar-refractivity contribution in [3.8, 4) is 22.3 Å². The van der Waals surface area contributed by atoms with Gasteiger partial charge < -0.3 is 4.90 Å². The van der Waals surface area contributed by atoms with Crippen LogP contribution in [-0.4, -0.2) is 0 Å². The summed E-state index contributed by atoms with van der Waals surface area (Å²) in [5, 5.41) is 12.6. The number of benzene rings is 10. The second kappa shape index (κ2) is 12.4. The standard InChI is InChI=1S/C52H33NS/c1-2-13-34(14-3-1)38-26-25-35-27-28-41(30-40(35)29-38)53(49-23-12-24-50-52(49)47-31-36-15-4-5-16-37(36)33-51(47)54-50)48-22-11-10-21-45(48)46-32-39-17-6-7-18-42(39)43-19-8-9-20-44(43)46/h1-33H. The zero-order valence-electron chi connectivity index (χ0n) is 29.4. The van der Waals surface area contributed by atoms with Gasteiger partial charge in [0.15, 0.2) is 0 Å². The highest BCUT2D eigenvalue weighted by Gasteiger charge is 2.23. The molecule has 0 unspecified atom stereocenters. The fourth-order valence-corrected chi connectivity index (χ4v) is 9.60. The zero-order valence-corrected chi connectivity index (χ0v) is 30.2. The number of rotatable bonds is 5. The van der Waals surface area contributed by atoms with Crippen molar-refractivity contribution in [1.82, 2.24) is 0 Å². The van der Waals surface area contributed by atoms with Crippen LogP contribution in [0.2, 0.25) is 0 Å². The van der Waals surface area contributed by atoms with Gasteiger partial charge in [-0.25, -0.2) is 0 Å². The van der Waals surface area contributed by atoms with E-state index < -0.39 is 0 Å². The topological polar surface area (TPSA) is 3.24 Å². The summed E-state index contributed by atoms with van der Waals surface area (Å²) in [4.78, 5) is 2.51. The van der Waals surface area contributed by atoms with Gasteiger partial charge in [0.2, 0.25) is 0 Å². The molecule has 0 spiro atoms. The van der Waals surface area contributed by atoms with E-state index in [2.05, 4.69) is 205 Å². The third-order valence-corrected chi connectivity index (χ3v) is 12.1. The Labute approximate surface area is 317 Å². The van der Waals surface area contributed by atoms with Gasteiger partial charge in [0.25, 0.3) is 0 Å². The lowest BCUT2D eigenvalue weighted by atomic mass is 9.92. The highest BCUT2D eigenvalue weighted by Crippen LogP contribution is 2.49. The van der Waals surface area contributed by atoms with E-state index in [-0.39, 0.29) is 0 Å². The van der Waals surface area contributed by atoms with E-state index in [0.29, 0.717) is 0 Å². The quantitative estimate of drug-likeness (QED) is 0.161. The Kier molecular flexibility index (Phi) is 7.11. The van der Waals surface area contributed by atoms with E-state index in [4.69, 9.17) is 0 Å². The van der Waals surface area contributed by atoms with Gasteiger partial charge in [-0.1, -0.05) is 146 Å². The van der Waals surface area contributed by atoms with E-state index in [1.54, 1.807) is 0 Å². The molecule has 0 saturated heterocycles. The Balaban J connectivity index is 1.22. The highest BCUT2D eigenvalue weighted by atomic mass is 32.1. The molecule has 11 aromatic rings. The first kappa shape index (κ1) is 30.8. The summed E-state index contributed by atoms with van der Waals surface area (Å²) in [7, 11) is 0. The molecule has 1 aromatic heterocycles. The average Bonchev–Trinajstić information content (AvgIpc) is 3.61. The summed E-state index contributed by atoms with van der Waals surface area (Å²) in [5.41, 5.74) is 8.29. The lowest BCUT2D eigenvalue weighted by Gasteiger charge is -2.29. The Hall–Kier alpha value is -6.74. The van der Waals surface area contributed by atoms with E-state index in [0.717, 1.165) is 11.4 Å². The lowest BCUT2D eigenvalue weighted by Crippen LogP contribution is -2.11. The zero-order chi connectivity index (χ0) is 35.6. The van der Waals surface area contributed by atoms with Crippen LogP contribution in [0.1, 0.15) is 0 Å². The second-order valence-electron chi connectivity index (χ2n) is 14.1. The molecule has 252 valence electrons. The predicted molar refractivity (Wildman–Crippen MR) is 235 cm³/mol. The number of thiophene rings is 1. The minimum Gasteiger partial charge on any atom is -0.309 e. The predicted octanol–water partition coefficient (Wildman–Crippen LogP) is 15.5. The van der Waals surface area contributed by atoms with Crippen molar-refractivity contribution >= 4 is 91.7 Å². The molecule has 54 heavy (non-hydrogen) atoms. The third kappa shape index (κ3) is 4.99. The molecule has 11 rings (SSSR count). The van der Waals surface area contributed by atoms with E-state index >= 15 is 0 Å². The largest absolute Gasteiger partial charge is 0.309 e. The van der Waals surface area contributed by atoms with Crippen LogP contribution < -0.4 is 4.90 Å².